The van der Waals surface area contributed by atoms with E-state index in [2.05, 4.69) is 29.4 Å². The normalized spacial score (nSPS) is 15.1. The molecule has 0 bridgehead atoms. The molecule has 1 aliphatic rings. The molecule has 6 nitrogen and oxygen atoms in total. The average Bonchev–Trinajstić information content (AvgIpc) is 3.17. The van der Waals surface area contributed by atoms with Crippen molar-refractivity contribution in [3.63, 3.8) is 0 Å². The molecule has 0 atom stereocenters. The van der Waals surface area contributed by atoms with E-state index in [4.69, 9.17) is 0 Å². The van der Waals surface area contributed by atoms with Crippen molar-refractivity contribution in [2.45, 2.75) is 45.4 Å². The number of nitrogens with one attached hydrogen (secondary N) is 1. The maximum absolute atomic E-state index is 13.0. The van der Waals surface area contributed by atoms with Crippen LogP contribution in [0.1, 0.15) is 60.8 Å². The Morgan fingerprint density at radius 1 is 1.18 bits per heavy atom. The number of nitrogens with zero attached hydrogens (tertiary/aromatic N) is 3. The van der Waals surface area contributed by atoms with Crippen LogP contribution in [0.15, 0.2) is 24.3 Å². The zero-order chi connectivity index (χ0) is 20.1. The Hall–Kier alpha value is -2.35. The summed E-state index contributed by atoms with van der Waals surface area (Å²) in [7, 11) is 0. The van der Waals surface area contributed by atoms with Crippen LogP contribution in [0.25, 0.3) is 0 Å². The largest absolute Gasteiger partial charge is 0.339 e. The first kappa shape index (κ1) is 20.4. The van der Waals surface area contributed by atoms with Gasteiger partial charge in [0, 0.05) is 30.5 Å². The molecule has 0 unspecified atom stereocenters. The van der Waals surface area contributed by atoms with Gasteiger partial charge in [-0.15, -0.1) is 10.2 Å². The van der Waals surface area contributed by atoms with Gasteiger partial charge < -0.3 is 10.2 Å². The van der Waals surface area contributed by atoms with Crippen LogP contribution in [-0.2, 0) is 4.79 Å². The van der Waals surface area contributed by atoms with Crippen LogP contribution in [0.4, 0.5) is 9.52 Å². The maximum Gasteiger partial charge on any atom is 0.253 e. The smallest absolute Gasteiger partial charge is 0.253 e. The number of anilines is 1. The molecular weight excluding hydrogens is 379 g/mol. The van der Waals surface area contributed by atoms with Crippen molar-refractivity contribution in [3.8, 4) is 0 Å². The van der Waals surface area contributed by atoms with Crippen molar-refractivity contribution < 1.29 is 14.0 Å². The molecule has 1 aliphatic heterocycles. The fourth-order valence-corrected chi connectivity index (χ4v) is 4.43. The molecule has 8 heteroatoms. The number of rotatable bonds is 6. The summed E-state index contributed by atoms with van der Waals surface area (Å²) in [4.78, 5) is 26.8. The predicted octanol–water partition coefficient (Wildman–Crippen LogP) is 4.07. The predicted molar refractivity (Wildman–Crippen MR) is 107 cm³/mol. The maximum atomic E-state index is 13.0. The van der Waals surface area contributed by atoms with Gasteiger partial charge >= 0.3 is 0 Å². The van der Waals surface area contributed by atoms with E-state index < -0.39 is 0 Å². The van der Waals surface area contributed by atoms with Gasteiger partial charge in [-0.25, -0.2) is 4.39 Å². The molecule has 1 aromatic carbocycles. The Kier molecular flexibility index (Phi) is 6.72. The molecule has 2 aromatic rings. The zero-order valence-corrected chi connectivity index (χ0v) is 17.0. The first-order chi connectivity index (χ1) is 13.5. The number of likely N-dealkylation sites (tertiary alicyclic amines) is 1. The summed E-state index contributed by atoms with van der Waals surface area (Å²) >= 11 is 1.44. The summed E-state index contributed by atoms with van der Waals surface area (Å²) in [5.41, 5.74) is 0.465. The third-order valence-corrected chi connectivity index (χ3v) is 6.25. The van der Waals surface area contributed by atoms with Gasteiger partial charge in [-0.05, 0) is 49.9 Å². The van der Waals surface area contributed by atoms with E-state index in [-0.39, 0.29) is 23.5 Å². The molecule has 1 N–H and O–H groups in total. The molecule has 3 rings (SSSR count). The van der Waals surface area contributed by atoms with Crippen molar-refractivity contribution in [2.75, 3.05) is 18.4 Å². The number of hydrogen-bond donors (Lipinski definition) is 1. The fraction of sp³-hybridized carbons (Fsp3) is 0.500. The zero-order valence-electron chi connectivity index (χ0n) is 16.2. The summed E-state index contributed by atoms with van der Waals surface area (Å²) in [6.07, 6.45) is 3.19. The molecule has 2 heterocycles. The van der Waals surface area contributed by atoms with Crippen molar-refractivity contribution in [1.82, 2.24) is 15.1 Å². The number of carbonyl (C=O) groups is 2. The minimum absolute atomic E-state index is 0.0684. The first-order valence-corrected chi connectivity index (χ1v) is 10.5. The van der Waals surface area contributed by atoms with Crippen molar-refractivity contribution in [3.05, 3.63) is 40.7 Å². The second-order valence-electron chi connectivity index (χ2n) is 7.02. The minimum atomic E-state index is -0.365. The van der Waals surface area contributed by atoms with Crippen LogP contribution in [0.5, 0.6) is 0 Å². The summed E-state index contributed by atoms with van der Waals surface area (Å²) in [6, 6.07) is 5.55. The number of benzene rings is 1. The second-order valence-corrected chi connectivity index (χ2v) is 8.03. The summed E-state index contributed by atoms with van der Waals surface area (Å²) in [5, 5.41) is 12.7. The van der Waals surface area contributed by atoms with Gasteiger partial charge in [0.25, 0.3) is 5.91 Å². The van der Waals surface area contributed by atoms with Crippen molar-refractivity contribution in [1.29, 1.82) is 0 Å². The Morgan fingerprint density at radius 3 is 2.43 bits per heavy atom. The van der Waals surface area contributed by atoms with Crippen LogP contribution in [0.3, 0.4) is 0 Å². The summed E-state index contributed by atoms with van der Waals surface area (Å²) in [6.45, 7) is 5.25. The van der Waals surface area contributed by atoms with Crippen LogP contribution in [0.2, 0.25) is 0 Å². The molecule has 150 valence electrons. The van der Waals surface area contributed by atoms with E-state index in [1.54, 1.807) is 4.90 Å². The van der Waals surface area contributed by atoms with E-state index in [0.29, 0.717) is 42.5 Å². The van der Waals surface area contributed by atoms with Gasteiger partial charge in [-0.2, -0.15) is 0 Å². The number of halogens is 1. The molecular formula is C20H25FN4O2S. The third-order valence-electron chi connectivity index (χ3n) is 5.25. The Labute approximate surface area is 168 Å². The SMILES string of the molecule is CCC(CC)c1nnc(NC(=O)C2CCN(C(=O)c3ccc(F)cc3)CC2)s1. The quantitative estimate of drug-likeness (QED) is 0.787. The van der Waals surface area contributed by atoms with Crippen molar-refractivity contribution >= 4 is 28.3 Å². The Morgan fingerprint density at radius 2 is 1.82 bits per heavy atom. The van der Waals surface area contributed by atoms with E-state index in [9.17, 15) is 14.0 Å². The van der Waals surface area contributed by atoms with Gasteiger partial charge in [0.05, 0.1) is 0 Å². The highest BCUT2D eigenvalue weighted by molar-refractivity contribution is 7.15. The first-order valence-electron chi connectivity index (χ1n) is 9.70. The van der Waals surface area contributed by atoms with Crippen LogP contribution in [-0.4, -0.2) is 40.0 Å². The molecule has 0 aliphatic carbocycles. The Bertz CT molecular complexity index is 812. The van der Waals surface area contributed by atoms with Gasteiger partial charge in [0.1, 0.15) is 10.8 Å². The van der Waals surface area contributed by atoms with Crippen LogP contribution < -0.4 is 5.32 Å². The Balaban J connectivity index is 1.52. The lowest BCUT2D eigenvalue weighted by Crippen LogP contribution is -2.41. The average molecular weight is 405 g/mol. The molecule has 1 aromatic heterocycles. The van der Waals surface area contributed by atoms with Crippen molar-refractivity contribution in [2.24, 2.45) is 5.92 Å². The lowest BCUT2D eigenvalue weighted by molar-refractivity contribution is -0.121. The number of carbonyl (C=O) groups excluding carboxylic acids is 2. The van der Waals surface area contributed by atoms with Gasteiger partial charge in [0.2, 0.25) is 11.0 Å². The number of piperidine rings is 1. The highest BCUT2D eigenvalue weighted by Crippen LogP contribution is 2.29. The summed E-state index contributed by atoms with van der Waals surface area (Å²) < 4.78 is 13.0. The van der Waals surface area contributed by atoms with E-state index in [0.717, 1.165) is 17.8 Å². The lowest BCUT2D eigenvalue weighted by Gasteiger charge is -2.31. The topological polar surface area (TPSA) is 75.2 Å². The van der Waals surface area contributed by atoms with Gasteiger partial charge in [0.15, 0.2) is 0 Å². The summed E-state index contributed by atoms with van der Waals surface area (Å²) in [5.74, 6) is -0.337. The lowest BCUT2D eigenvalue weighted by atomic mass is 9.95. The van der Waals surface area contributed by atoms with Gasteiger partial charge in [-0.3, -0.25) is 9.59 Å². The minimum Gasteiger partial charge on any atom is -0.339 e. The van der Waals surface area contributed by atoms with E-state index >= 15 is 0 Å². The number of aromatic nitrogens is 2. The second kappa shape index (κ2) is 9.23. The fourth-order valence-electron chi connectivity index (χ4n) is 3.42. The third kappa shape index (κ3) is 4.73. The highest BCUT2D eigenvalue weighted by Gasteiger charge is 2.28. The number of amides is 2. The van der Waals surface area contributed by atoms with E-state index in [1.165, 1.54) is 35.6 Å². The molecule has 28 heavy (non-hydrogen) atoms. The highest BCUT2D eigenvalue weighted by atomic mass is 32.1. The van der Waals surface area contributed by atoms with Crippen LogP contribution >= 0.6 is 11.3 Å². The monoisotopic (exact) mass is 404 g/mol. The molecule has 0 saturated carbocycles. The number of hydrogen-bond acceptors (Lipinski definition) is 5. The molecule has 0 radical (unpaired) electrons. The molecule has 1 saturated heterocycles. The molecule has 2 amide bonds. The van der Waals surface area contributed by atoms with Crippen LogP contribution in [0, 0.1) is 11.7 Å². The van der Waals surface area contributed by atoms with Gasteiger partial charge in [-0.1, -0.05) is 25.2 Å². The van der Waals surface area contributed by atoms with E-state index in [1.807, 2.05) is 0 Å². The molecule has 1 fully saturated rings. The molecule has 0 spiro atoms. The standard InChI is InChI=1S/C20H25FN4O2S/c1-3-13(4-2)18-23-24-20(28-18)22-17(26)14-9-11-25(12-10-14)19(27)15-5-7-16(21)8-6-15/h5-8,13-14H,3-4,9-12H2,1-2H3,(H,22,24,26).